The Morgan fingerprint density at radius 2 is 1.82 bits per heavy atom. The van der Waals surface area contributed by atoms with Crippen molar-refractivity contribution >= 4 is 0 Å². The molecule has 0 saturated carbocycles. The Morgan fingerprint density at radius 3 is 2.41 bits per heavy atom. The molecule has 0 aliphatic heterocycles. The SMILES string of the molecule is CN(C)CCN(C)CC(O)c1ccccc1F. The third kappa shape index (κ3) is 4.81. The summed E-state index contributed by atoms with van der Waals surface area (Å²) in [6.45, 7) is 2.20. The third-order valence-electron chi connectivity index (χ3n) is 2.68. The van der Waals surface area contributed by atoms with E-state index in [9.17, 15) is 9.50 Å². The lowest BCUT2D eigenvalue weighted by atomic mass is 10.1. The standard InChI is InChI=1S/C13H21FN2O/c1-15(2)8-9-16(3)10-13(17)11-6-4-5-7-12(11)14/h4-7,13,17H,8-10H2,1-3H3. The molecule has 0 bridgehead atoms. The van der Waals surface area contributed by atoms with Crippen LogP contribution in [-0.2, 0) is 0 Å². The number of nitrogens with zero attached hydrogens (tertiary/aromatic N) is 2. The van der Waals surface area contributed by atoms with Crippen LogP contribution in [-0.4, -0.2) is 55.7 Å². The molecule has 0 aliphatic rings. The molecule has 0 heterocycles. The summed E-state index contributed by atoms with van der Waals surface area (Å²) in [6, 6.07) is 6.36. The summed E-state index contributed by atoms with van der Waals surface area (Å²) in [5.41, 5.74) is 0.365. The van der Waals surface area contributed by atoms with Crippen LogP contribution in [0.3, 0.4) is 0 Å². The number of rotatable bonds is 6. The summed E-state index contributed by atoms with van der Waals surface area (Å²) in [7, 11) is 5.93. The minimum absolute atomic E-state index is 0.346. The monoisotopic (exact) mass is 240 g/mol. The Balaban J connectivity index is 2.49. The van der Waals surface area contributed by atoms with Crippen LogP contribution >= 0.6 is 0 Å². The number of hydrogen-bond donors (Lipinski definition) is 1. The van der Waals surface area contributed by atoms with Crippen LogP contribution in [0.25, 0.3) is 0 Å². The van der Waals surface area contributed by atoms with Gasteiger partial charge in [0, 0.05) is 25.2 Å². The minimum Gasteiger partial charge on any atom is -0.387 e. The number of benzene rings is 1. The lowest BCUT2D eigenvalue weighted by Crippen LogP contribution is -2.32. The smallest absolute Gasteiger partial charge is 0.129 e. The first-order valence-electron chi connectivity index (χ1n) is 5.76. The highest BCUT2D eigenvalue weighted by Crippen LogP contribution is 2.17. The van der Waals surface area contributed by atoms with E-state index in [1.54, 1.807) is 18.2 Å². The highest BCUT2D eigenvalue weighted by atomic mass is 19.1. The first-order chi connectivity index (χ1) is 8.00. The maximum absolute atomic E-state index is 13.4. The highest BCUT2D eigenvalue weighted by molar-refractivity contribution is 5.19. The molecule has 0 aromatic heterocycles. The first kappa shape index (κ1) is 14.1. The summed E-state index contributed by atoms with van der Waals surface area (Å²) in [5.74, 6) is -0.346. The number of hydrogen-bond acceptors (Lipinski definition) is 3. The zero-order valence-electron chi connectivity index (χ0n) is 10.7. The summed E-state index contributed by atoms with van der Waals surface area (Å²) >= 11 is 0. The van der Waals surface area contributed by atoms with Gasteiger partial charge in [0.15, 0.2) is 0 Å². The fourth-order valence-electron chi connectivity index (χ4n) is 1.60. The quantitative estimate of drug-likeness (QED) is 0.813. The predicted molar refractivity (Wildman–Crippen MR) is 67.4 cm³/mol. The Labute approximate surface area is 102 Å². The van der Waals surface area contributed by atoms with Crippen molar-refractivity contribution < 1.29 is 9.50 Å². The van der Waals surface area contributed by atoms with Crippen LogP contribution in [0.5, 0.6) is 0 Å². The molecule has 96 valence electrons. The van der Waals surface area contributed by atoms with E-state index in [4.69, 9.17) is 0 Å². The van der Waals surface area contributed by atoms with Crippen molar-refractivity contribution in [2.75, 3.05) is 40.8 Å². The van der Waals surface area contributed by atoms with Crippen LogP contribution < -0.4 is 0 Å². The van der Waals surface area contributed by atoms with Gasteiger partial charge in [0.2, 0.25) is 0 Å². The molecule has 0 fully saturated rings. The Morgan fingerprint density at radius 1 is 1.18 bits per heavy atom. The van der Waals surface area contributed by atoms with Gasteiger partial charge in [-0.2, -0.15) is 0 Å². The third-order valence-corrected chi connectivity index (χ3v) is 2.68. The van der Waals surface area contributed by atoms with Gasteiger partial charge in [0.05, 0.1) is 6.10 Å². The van der Waals surface area contributed by atoms with Crippen molar-refractivity contribution in [3.8, 4) is 0 Å². The van der Waals surface area contributed by atoms with Gasteiger partial charge in [0.25, 0.3) is 0 Å². The topological polar surface area (TPSA) is 26.7 Å². The van der Waals surface area contributed by atoms with Crippen molar-refractivity contribution in [1.82, 2.24) is 9.80 Å². The van der Waals surface area contributed by atoms with E-state index < -0.39 is 6.10 Å². The molecule has 4 heteroatoms. The van der Waals surface area contributed by atoms with Gasteiger partial charge in [-0.3, -0.25) is 0 Å². The van der Waals surface area contributed by atoms with Crippen LogP contribution in [0.2, 0.25) is 0 Å². The zero-order valence-corrected chi connectivity index (χ0v) is 10.7. The predicted octanol–water partition coefficient (Wildman–Crippen LogP) is 1.35. The molecule has 0 aliphatic carbocycles. The normalized spacial score (nSPS) is 13.4. The molecule has 0 amide bonds. The molecule has 1 aromatic rings. The average molecular weight is 240 g/mol. The van der Waals surface area contributed by atoms with Gasteiger partial charge in [-0.05, 0) is 27.2 Å². The molecular weight excluding hydrogens is 219 g/mol. The van der Waals surface area contributed by atoms with Gasteiger partial charge >= 0.3 is 0 Å². The lowest BCUT2D eigenvalue weighted by molar-refractivity contribution is 0.119. The second-order valence-corrected chi connectivity index (χ2v) is 4.60. The summed E-state index contributed by atoms with van der Waals surface area (Å²) in [4.78, 5) is 4.07. The minimum atomic E-state index is -0.775. The van der Waals surface area contributed by atoms with Crippen molar-refractivity contribution in [3.05, 3.63) is 35.6 Å². The lowest BCUT2D eigenvalue weighted by Gasteiger charge is -2.22. The van der Waals surface area contributed by atoms with Crippen molar-refractivity contribution in [2.45, 2.75) is 6.10 Å². The highest BCUT2D eigenvalue weighted by Gasteiger charge is 2.14. The fraction of sp³-hybridized carbons (Fsp3) is 0.538. The summed E-state index contributed by atoms with van der Waals surface area (Å²) in [5, 5.41) is 9.94. The van der Waals surface area contributed by atoms with Crippen LogP contribution in [0, 0.1) is 5.82 Å². The van der Waals surface area contributed by atoms with Crippen LogP contribution in [0.15, 0.2) is 24.3 Å². The average Bonchev–Trinajstić information content (AvgIpc) is 2.26. The molecule has 1 unspecified atom stereocenters. The maximum atomic E-state index is 13.4. The van der Waals surface area contributed by atoms with Crippen molar-refractivity contribution in [3.63, 3.8) is 0 Å². The van der Waals surface area contributed by atoms with E-state index in [2.05, 4.69) is 4.90 Å². The van der Waals surface area contributed by atoms with Gasteiger partial charge in [-0.1, -0.05) is 18.2 Å². The second kappa shape index (κ2) is 6.69. The summed E-state index contributed by atoms with van der Waals surface area (Å²) in [6.07, 6.45) is -0.775. The van der Waals surface area contributed by atoms with E-state index in [0.717, 1.165) is 13.1 Å². The van der Waals surface area contributed by atoms with Crippen molar-refractivity contribution in [2.24, 2.45) is 0 Å². The molecular formula is C13H21FN2O. The molecule has 1 rings (SSSR count). The van der Waals surface area contributed by atoms with Gasteiger partial charge < -0.3 is 14.9 Å². The maximum Gasteiger partial charge on any atom is 0.129 e. The molecule has 0 saturated heterocycles. The number of likely N-dealkylation sites (N-methyl/N-ethyl adjacent to an activating group) is 2. The molecule has 3 nitrogen and oxygen atoms in total. The number of aliphatic hydroxyl groups is 1. The second-order valence-electron chi connectivity index (χ2n) is 4.60. The van der Waals surface area contributed by atoms with Crippen LogP contribution in [0.4, 0.5) is 4.39 Å². The Kier molecular flexibility index (Phi) is 5.55. The Hall–Kier alpha value is -0.970. The van der Waals surface area contributed by atoms with E-state index >= 15 is 0 Å². The molecule has 1 aromatic carbocycles. The fourth-order valence-corrected chi connectivity index (χ4v) is 1.60. The molecule has 0 spiro atoms. The number of halogens is 1. The van der Waals surface area contributed by atoms with Gasteiger partial charge in [-0.25, -0.2) is 4.39 Å². The van der Waals surface area contributed by atoms with E-state index in [1.807, 2.05) is 26.0 Å². The first-order valence-corrected chi connectivity index (χ1v) is 5.76. The van der Waals surface area contributed by atoms with Crippen LogP contribution in [0.1, 0.15) is 11.7 Å². The Bertz CT molecular complexity index is 344. The van der Waals surface area contributed by atoms with Crippen molar-refractivity contribution in [1.29, 1.82) is 0 Å². The summed E-state index contributed by atoms with van der Waals surface area (Å²) < 4.78 is 13.4. The largest absolute Gasteiger partial charge is 0.387 e. The zero-order chi connectivity index (χ0) is 12.8. The van der Waals surface area contributed by atoms with E-state index in [-0.39, 0.29) is 5.82 Å². The van der Waals surface area contributed by atoms with Gasteiger partial charge in [0.1, 0.15) is 5.82 Å². The number of aliphatic hydroxyl groups excluding tert-OH is 1. The van der Waals surface area contributed by atoms with E-state index in [0.29, 0.717) is 12.1 Å². The van der Waals surface area contributed by atoms with E-state index in [1.165, 1.54) is 6.07 Å². The molecule has 0 radical (unpaired) electrons. The molecule has 17 heavy (non-hydrogen) atoms. The molecule has 1 atom stereocenters. The molecule has 1 N–H and O–H groups in total. The van der Waals surface area contributed by atoms with Gasteiger partial charge in [-0.15, -0.1) is 0 Å².